The maximum atomic E-state index is 8.69. The van der Waals surface area contributed by atoms with Crippen molar-refractivity contribution in [3.63, 3.8) is 0 Å². The lowest BCUT2D eigenvalue weighted by atomic mass is 10.1. The number of nitrogen functional groups attached to an aromatic ring is 1. The Morgan fingerprint density at radius 2 is 1.94 bits per heavy atom. The highest BCUT2D eigenvalue weighted by Crippen LogP contribution is 2.24. The molecule has 4 heteroatoms. The number of hydrogen-bond acceptors (Lipinski definition) is 3. The molecule has 3 nitrogen and oxygen atoms in total. The summed E-state index contributed by atoms with van der Waals surface area (Å²) in [4.78, 5) is 4.26. The van der Waals surface area contributed by atoms with Crippen LogP contribution in [0.5, 0.6) is 0 Å². The van der Waals surface area contributed by atoms with Gasteiger partial charge in [-0.1, -0.05) is 12.1 Å². The zero-order chi connectivity index (χ0) is 11.5. The molecule has 0 saturated heterocycles. The van der Waals surface area contributed by atoms with Crippen LogP contribution in [0.2, 0.25) is 0 Å². The molecule has 0 fully saturated rings. The monoisotopic (exact) mass is 273 g/mol. The molecule has 0 aliphatic carbocycles. The molecule has 2 N–H and O–H groups in total. The fourth-order valence-corrected chi connectivity index (χ4v) is 1.54. The van der Waals surface area contributed by atoms with Gasteiger partial charge < -0.3 is 5.73 Å². The summed E-state index contributed by atoms with van der Waals surface area (Å²) in [6.45, 7) is 0. The number of hydrogen-bond donors (Lipinski definition) is 1. The summed E-state index contributed by atoms with van der Waals surface area (Å²) in [5, 5.41) is 8.69. The fourth-order valence-electron chi connectivity index (χ4n) is 1.33. The predicted octanol–water partition coefficient (Wildman–Crippen LogP) is 2.96. The maximum absolute atomic E-state index is 8.69. The summed E-state index contributed by atoms with van der Waals surface area (Å²) < 4.78 is 0.782. The second kappa shape index (κ2) is 4.33. The predicted molar refractivity (Wildman–Crippen MR) is 66.5 cm³/mol. The van der Waals surface area contributed by atoms with Gasteiger partial charge in [0, 0.05) is 17.4 Å². The van der Waals surface area contributed by atoms with E-state index >= 15 is 0 Å². The molecule has 0 aliphatic rings. The summed E-state index contributed by atoms with van der Waals surface area (Å²) in [5.74, 6) is 0. The Balaban J connectivity index is 2.43. The number of nitriles is 1. The molecule has 16 heavy (non-hydrogen) atoms. The number of pyridine rings is 1. The Hall–Kier alpha value is -1.86. The molecule has 0 radical (unpaired) electrons. The molecule has 0 amide bonds. The fraction of sp³-hybridized carbons (Fsp3) is 0. The smallest absolute Gasteiger partial charge is 0.0991 e. The minimum absolute atomic E-state index is 0.633. The molecule has 0 bridgehead atoms. The average molecular weight is 274 g/mol. The van der Waals surface area contributed by atoms with E-state index in [1.165, 1.54) is 0 Å². The van der Waals surface area contributed by atoms with Gasteiger partial charge in [0.05, 0.1) is 21.8 Å². The number of nitrogens with two attached hydrogens (primary N) is 1. The second-order valence-corrected chi connectivity index (χ2v) is 4.13. The Morgan fingerprint density at radius 3 is 2.50 bits per heavy atom. The van der Waals surface area contributed by atoms with Gasteiger partial charge in [-0.05, 0) is 34.1 Å². The van der Waals surface area contributed by atoms with Crippen molar-refractivity contribution in [2.45, 2.75) is 0 Å². The zero-order valence-electron chi connectivity index (χ0n) is 8.31. The van der Waals surface area contributed by atoms with E-state index in [0.717, 1.165) is 15.7 Å². The van der Waals surface area contributed by atoms with Crippen LogP contribution < -0.4 is 5.73 Å². The van der Waals surface area contributed by atoms with Gasteiger partial charge in [-0.25, -0.2) is 0 Å². The topological polar surface area (TPSA) is 62.7 Å². The minimum Gasteiger partial charge on any atom is -0.398 e. The second-order valence-electron chi connectivity index (χ2n) is 3.28. The van der Waals surface area contributed by atoms with Crippen LogP contribution in [-0.2, 0) is 0 Å². The molecule has 1 heterocycles. The van der Waals surface area contributed by atoms with E-state index in [1.54, 1.807) is 24.4 Å². The van der Waals surface area contributed by atoms with Crippen LogP contribution in [0.25, 0.3) is 11.3 Å². The Bertz CT molecular complexity index is 555. The molecule has 2 aromatic rings. The van der Waals surface area contributed by atoms with E-state index in [0.29, 0.717) is 11.3 Å². The van der Waals surface area contributed by atoms with Gasteiger partial charge in [-0.3, -0.25) is 4.98 Å². The first kappa shape index (κ1) is 10.7. The van der Waals surface area contributed by atoms with Crippen molar-refractivity contribution in [3.8, 4) is 17.3 Å². The molecule has 0 saturated carbocycles. The van der Waals surface area contributed by atoms with Crippen molar-refractivity contribution < 1.29 is 0 Å². The zero-order valence-corrected chi connectivity index (χ0v) is 9.90. The van der Waals surface area contributed by atoms with Crippen LogP contribution in [0.3, 0.4) is 0 Å². The molecule has 0 spiro atoms. The average Bonchev–Trinajstić information content (AvgIpc) is 2.33. The van der Waals surface area contributed by atoms with Crippen LogP contribution in [0.1, 0.15) is 5.56 Å². The molecule has 0 aliphatic heterocycles. The Morgan fingerprint density at radius 1 is 1.25 bits per heavy atom. The maximum Gasteiger partial charge on any atom is 0.0991 e. The van der Waals surface area contributed by atoms with Gasteiger partial charge in [0.15, 0.2) is 0 Å². The van der Waals surface area contributed by atoms with E-state index in [4.69, 9.17) is 11.0 Å². The molecule has 1 aromatic heterocycles. The molecule has 0 unspecified atom stereocenters. The number of rotatable bonds is 1. The SMILES string of the molecule is N#Cc1ccc(-c2cc(N)c(Br)cn2)cc1. The number of anilines is 1. The molecule has 78 valence electrons. The summed E-state index contributed by atoms with van der Waals surface area (Å²) in [5.41, 5.74) is 8.79. The van der Waals surface area contributed by atoms with Crippen molar-refractivity contribution in [1.82, 2.24) is 4.98 Å². The third-order valence-electron chi connectivity index (χ3n) is 2.19. The summed E-state index contributed by atoms with van der Waals surface area (Å²) in [6, 6.07) is 11.1. The lowest BCUT2D eigenvalue weighted by molar-refractivity contribution is 1.31. The van der Waals surface area contributed by atoms with Gasteiger partial charge in [-0.15, -0.1) is 0 Å². The van der Waals surface area contributed by atoms with Crippen molar-refractivity contribution in [2.75, 3.05) is 5.73 Å². The van der Waals surface area contributed by atoms with E-state index in [1.807, 2.05) is 12.1 Å². The number of nitrogens with zero attached hydrogens (tertiary/aromatic N) is 2. The van der Waals surface area contributed by atoms with Gasteiger partial charge in [0.2, 0.25) is 0 Å². The molecule has 0 atom stereocenters. The van der Waals surface area contributed by atoms with Gasteiger partial charge in [0.1, 0.15) is 0 Å². The van der Waals surface area contributed by atoms with Crippen molar-refractivity contribution in [2.24, 2.45) is 0 Å². The first-order valence-electron chi connectivity index (χ1n) is 4.62. The normalized spacial score (nSPS) is 9.75. The molecular formula is C12H8BrN3. The summed E-state index contributed by atoms with van der Waals surface area (Å²) in [6.07, 6.45) is 1.67. The summed E-state index contributed by atoms with van der Waals surface area (Å²) >= 11 is 3.29. The summed E-state index contributed by atoms with van der Waals surface area (Å²) in [7, 11) is 0. The number of benzene rings is 1. The van der Waals surface area contributed by atoms with E-state index < -0.39 is 0 Å². The minimum atomic E-state index is 0.633. The van der Waals surface area contributed by atoms with Crippen molar-refractivity contribution >= 4 is 21.6 Å². The first-order valence-corrected chi connectivity index (χ1v) is 5.41. The van der Waals surface area contributed by atoms with Crippen LogP contribution in [-0.4, -0.2) is 4.98 Å². The highest BCUT2D eigenvalue weighted by atomic mass is 79.9. The molecule has 1 aromatic carbocycles. The number of aromatic nitrogens is 1. The van der Waals surface area contributed by atoms with Gasteiger partial charge >= 0.3 is 0 Å². The van der Waals surface area contributed by atoms with E-state index in [-0.39, 0.29) is 0 Å². The first-order chi connectivity index (χ1) is 7.70. The largest absolute Gasteiger partial charge is 0.398 e. The van der Waals surface area contributed by atoms with E-state index in [2.05, 4.69) is 27.0 Å². The van der Waals surface area contributed by atoms with E-state index in [9.17, 15) is 0 Å². The lowest BCUT2D eigenvalue weighted by Gasteiger charge is -2.03. The van der Waals surface area contributed by atoms with Crippen LogP contribution in [0.4, 0.5) is 5.69 Å². The van der Waals surface area contributed by atoms with Crippen molar-refractivity contribution in [3.05, 3.63) is 46.6 Å². The lowest BCUT2D eigenvalue weighted by Crippen LogP contribution is -1.90. The highest BCUT2D eigenvalue weighted by Gasteiger charge is 2.02. The standard InChI is InChI=1S/C12H8BrN3/c13-10-7-16-12(5-11(10)15)9-3-1-8(6-14)2-4-9/h1-5,7H,(H2,15,16). The molecule has 2 rings (SSSR count). The van der Waals surface area contributed by atoms with Gasteiger partial charge in [-0.2, -0.15) is 5.26 Å². The van der Waals surface area contributed by atoms with Crippen LogP contribution in [0, 0.1) is 11.3 Å². The highest BCUT2D eigenvalue weighted by molar-refractivity contribution is 9.10. The molecular weight excluding hydrogens is 266 g/mol. The Kier molecular flexibility index (Phi) is 2.88. The Labute approximate surface area is 102 Å². The van der Waals surface area contributed by atoms with Gasteiger partial charge in [0.25, 0.3) is 0 Å². The van der Waals surface area contributed by atoms with Crippen LogP contribution in [0.15, 0.2) is 41.0 Å². The quantitative estimate of drug-likeness (QED) is 0.869. The van der Waals surface area contributed by atoms with Crippen molar-refractivity contribution in [1.29, 1.82) is 5.26 Å². The third kappa shape index (κ3) is 2.05. The number of halogens is 1. The van der Waals surface area contributed by atoms with Crippen LogP contribution >= 0.6 is 15.9 Å². The third-order valence-corrected chi connectivity index (χ3v) is 2.86.